The molecule has 0 spiro atoms. The molecule has 1 aliphatic rings. The van der Waals surface area contributed by atoms with Crippen molar-refractivity contribution in [1.29, 1.82) is 0 Å². The van der Waals surface area contributed by atoms with E-state index in [2.05, 4.69) is 46.8 Å². The van der Waals surface area contributed by atoms with Crippen LogP contribution in [-0.2, 0) is 11.3 Å². The monoisotopic (exact) mass is 511 g/mol. The van der Waals surface area contributed by atoms with Crippen molar-refractivity contribution in [3.63, 3.8) is 0 Å². The second-order valence-electron chi connectivity index (χ2n) is 7.49. The Morgan fingerprint density at radius 2 is 1.90 bits per heavy atom. The minimum Gasteiger partial charge on any atom is -0.373 e. The Kier molecular flexibility index (Phi) is 9.36. The van der Waals surface area contributed by atoms with Crippen LogP contribution in [0.5, 0.6) is 0 Å². The number of guanidine groups is 1. The number of nitrogens with one attached hydrogen (secondary N) is 2. The summed E-state index contributed by atoms with van der Waals surface area (Å²) in [5.74, 6) is 0.962. The molecule has 2 aromatic carbocycles. The van der Waals surface area contributed by atoms with Crippen molar-refractivity contribution in [2.24, 2.45) is 10.9 Å². The van der Waals surface area contributed by atoms with Gasteiger partial charge in [0.1, 0.15) is 5.82 Å². The summed E-state index contributed by atoms with van der Waals surface area (Å²) in [6, 6.07) is 13.8. The molecule has 1 saturated heterocycles. The maximum atomic E-state index is 13.4. The van der Waals surface area contributed by atoms with E-state index < -0.39 is 0 Å². The summed E-state index contributed by atoms with van der Waals surface area (Å²) in [7, 11) is 1.76. The lowest BCUT2D eigenvalue weighted by atomic mass is 9.89. The molecule has 1 aliphatic heterocycles. The van der Waals surface area contributed by atoms with Gasteiger partial charge in [-0.3, -0.25) is 4.99 Å². The van der Waals surface area contributed by atoms with Crippen molar-refractivity contribution in [3.8, 4) is 0 Å². The first-order valence-electron chi connectivity index (χ1n) is 9.94. The second kappa shape index (κ2) is 11.5. The van der Waals surface area contributed by atoms with Crippen LogP contribution in [0.1, 0.15) is 41.2 Å². The Labute approximate surface area is 190 Å². The van der Waals surface area contributed by atoms with E-state index in [9.17, 15) is 4.39 Å². The van der Waals surface area contributed by atoms with Gasteiger partial charge in [-0.15, -0.1) is 24.0 Å². The van der Waals surface area contributed by atoms with E-state index >= 15 is 0 Å². The Morgan fingerprint density at radius 1 is 1.14 bits per heavy atom. The number of hydrogen-bond donors (Lipinski definition) is 2. The number of aryl methyl sites for hydroxylation is 2. The van der Waals surface area contributed by atoms with Crippen molar-refractivity contribution in [3.05, 3.63) is 70.5 Å². The molecule has 0 saturated carbocycles. The van der Waals surface area contributed by atoms with Crippen LogP contribution in [0.3, 0.4) is 0 Å². The third-order valence-electron chi connectivity index (χ3n) is 5.29. The van der Waals surface area contributed by atoms with Crippen LogP contribution in [0, 0.1) is 25.6 Å². The highest BCUT2D eigenvalue weighted by Gasteiger charge is 2.27. The van der Waals surface area contributed by atoms with E-state index in [1.54, 1.807) is 20.0 Å². The molecule has 6 heteroatoms. The third kappa shape index (κ3) is 6.67. The van der Waals surface area contributed by atoms with Crippen LogP contribution in [0.4, 0.5) is 4.39 Å². The molecular weight excluding hydrogens is 480 g/mol. The lowest BCUT2D eigenvalue weighted by Gasteiger charge is -2.32. The van der Waals surface area contributed by atoms with Crippen LogP contribution in [0.25, 0.3) is 0 Å². The maximum absolute atomic E-state index is 13.4. The summed E-state index contributed by atoms with van der Waals surface area (Å²) < 4.78 is 19.5. The Balaban J connectivity index is 0.00000300. The van der Waals surface area contributed by atoms with E-state index in [1.807, 2.05) is 6.07 Å². The van der Waals surface area contributed by atoms with Gasteiger partial charge < -0.3 is 15.4 Å². The van der Waals surface area contributed by atoms with Crippen LogP contribution < -0.4 is 10.6 Å². The highest BCUT2D eigenvalue weighted by Crippen LogP contribution is 2.33. The van der Waals surface area contributed by atoms with Gasteiger partial charge >= 0.3 is 0 Å². The molecule has 0 amide bonds. The Morgan fingerprint density at radius 3 is 2.59 bits per heavy atom. The average Bonchev–Trinajstić information content (AvgIpc) is 2.71. The largest absolute Gasteiger partial charge is 0.373 e. The lowest BCUT2D eigenvalue weighted by molar-refractivity contribution is -0.0265. The van der Waals surface area contributed by atoms with Crippen LogP contribution in [0.2, 0.25) is 0 Å². The molecule has 0 bridgehead atoms. The predicted octanol–water partition coefficient (Wildman–Crippen LogP) is 4.89. The van der Waals surface area contributed by atoms with E-state index in [-0.39, 0.29) is 35.9 Å². The second-order valence-corrected chi connectivity index (χ2v) is 7.49. The zero-order valence-electron chi connectivity index (χ0n) is 17.4. The predicted molar refractivity (Wildman–Crippen MR) is 127 cm³/mol. The van der Waals surface area contributed by atoms with Crippen molar-refractivity contribution < 1.29 is 9.13 Å². The first-order valence-corrected chi connectivity index (χ1v) is 9.94. The fourth-order valence-electron chi connectivity index (χ4n) is 3.63. The SMILES string of the molecule is CN=C(NCc1ccc(F)c(C)c1)NCC1CCCOC1c1ccc(C)cc1.I. The van der Waals surface area contributed by atoms with Crippen molar-refractivity contribution in [2.45, 2.75) is 39.3 Å². The van der Waals surface area contributed by atoms with Crippen LogP contribution in [0.15, 0.2) is 47.5 Å². The fraction of sp³-hybridized carbons (Fsp3) is 0.435. The molecule has 0 aromatic heterocycles. The van der Waals surface area contributed by atoms with E-state index in [0.717, 1.165) is 37.5 Å². The van der Waals surface area contributed by atoms with Gasteiger partial charge in [-0.2, -0.15) is 0 Å². The number of benzene rings is 2. The smallest absolute Gasteiger partial charge is 0.191 e. The zero-order chi connectivity index (χ0) is 19.9. The molecule has 0 aliphatic carbocycles. The summed E-state index contributed by atoms with van der Waals surface area (Å²) in [5, 5.41) is 6.74. The van der Waals surface area contributed by atoms with Crippen molar-refractivity contribution in [2.75, 3.05) is 20.2 Å². The highest BCUT2D eigenvalue weighted by molar-refractivity contribution is 14.0. The maximum Gasteiger partial charge on any atom is 0.191 e. The normalized spacial score (nSPS) is 19.4. The molecule has 2 N–H and O–H groups in total. The molecule has 4 nitrogen and oxygen atoms in total. The van der Waals surface area contributed by atoms with Gasteiger partial charge in [0.25, 0.3) is 0 Å². The summed E-state index contributed by atoms with van der Waals surface area (Å²) >= 11 is 0. The van der Waals surface area contributed by atoms with E-state index in [0.29, 0.717) is 18.0 Å². The quantitative estimate of drug-likeness (QED) is 0.341. The number of halogens is 2. The number of nitrogens with zero attached hydrogens (tertiary/aromatic N) is 1. The number of ether oxygens (including phenoxy) is 1. The topological polar surface area (TPSA) is 45.7 Å². The van der Waals surface area contributed by atoms with Gasteiger partial charge in [0.2, 0.25) is 0 Å². The van der Waals surface area contributed by atoms with Crippen LogP contribution in [-0.4, -0.2) is 26.2 Å². The number of rotatable bonds is 5. The Hall–Kier alpha value is -1.67. The fourth-order valence-corrected chi connectivity index (χ4v) is 3.63. The minimum atomic E-state index is -0.175. The molecule has 1 heterocycles. The van der Waals surface area contributed by atoms with Gasteiger partial charge in [0.15, 0.2) is 5.96 Å². The molecule has 2 atom stereocenters. The van der Waals surface area contributed by atoms with Gasteiger partial charge in [0, 0.05) is 32.7 Å². The molecule has 29 heavy (non-hydrogen) atoms. The molecule has 1 fully saturated rings. The summed E-state index contributed by atoms with van der Waals surface area (Å²) in [5.41, 5.74) is 4.18. The molecule has 2 aromatic rings. The zero-order valence-corrected chi connectivity index (χ0v) is 19.7. The van der Waals surface area contributed by atoms with E-state index in [1.165, 1.54) is 17.2 Å². The van der Waals surface area contributed by atoms with E-state index in [4.69, 9.17) is 4.74 Å². The highest BCUT2D eigenvalue weighted by atomic mass is 127. The summed E-state index contributed by atoms with van der Waals surface area (Å²) in [6.07, 6.45) is 2.31. The molecule has 0 radical (unpaired) electrons. The van der Waals surface area contributed by atoms with Crippen molar-refractivity contribution >= 4 is 29.9 Å². The standard InChI is InChI=1S/C23H30FN3O.HI/c1-16-6-9-19(10-7-16)22-20(5-4-12-28-22)15-27-23(25-3)26-14-18-8-11-21(24)17(2)13-18;/h6-11,13,20,22H,4-5,12,14-15H2,1-3H3,(H2,25,26,27);1H. The summed E-state index contributed by atoms with van der Waals surface area (Å²) in [4.78, 5) is 4.32. The molecular formula is C23H31FIN3O. The number of aliphatic imine (C=N–C) groups is 1. The Bertz CT molecular complexity index is 810. The van der Waals surface area contributed by atoms with Gasteiger partial charge in [-0.1, -0.05) is 42.0 Å². The molecule has 2 unspecified atom stereocenters. The minimum absolute atomic E-state index is 0. The van der Waals surface area contributed by atoms with Crippen molar-refractivity contribution in [1.82, 2.24) is 10.6 Å². The average molecular weight is 511 g/mol. The van der Waals surface area contributed by atoms with Crippen LogP contribution >= 0.6 is 24.0 Å². The lowest BCUT2D eigenvalue weighted by Crippen LogP contribution is -2.41. The first-order chi connectivity index (χ1) is 13.6. The van der Waals surface area contributed by atoms with Gasteiger partial charge in [0.05, 0.1) is 6.10 Å². The van der Waals surface area contributed by atoms with Gasteiger partial charge in [-0.05, 0) is 49.4 Å². The molecule has 158 valence electrons. The summed E-state index contributed by atoms with van der Waals surface area (Å²) in [6.45, 7) is 6.08. The number of hydrogen-bond acceptors (Lipinski definition) is 2. The van der Waals surface area contributed by atoms with Gasteiger partial charge in [-0.25, -0.2) is 4.39 Å². The third-order valence-corrected chi connectivity index (χ3v) is 5.29. The molecule has 3 rings (SSSR count). The first kappa shape index (κ1) is 23.6.